The molecule has 0 aromatic carbocycles. The average molecular weight is 269 g/mol. The normalized spacial score (nSPS) is 25.3. The van der Waals surface area contributed by atoms with Crippen LogP contribution in [-0.2, 0) is 4.79 Å². The van der Waals surface area contributed by atoms with E-state index in [1.54, 1.807) is 6.20 Å². The number of amides is 1. The number of hydrogen-bond acceptors (Lipinski definition) is 2. The number of pyridine rings is 1. The maximum Gasteiger partial charge on any atom is 0.220 e. The SMILES string of the molecule is CCC1NC(=O)CC1c1ccc(Br)cn1. The Balaban J connectivity index is 2.22. The molecule has 2 atom stereocenters. The van der Waals surface area contributed by atoms with Crippen LogP contribution in [0.15, 0.2) is 22.8 Å². The van der Waals surface area contributed by atoms with Crippen molar-refractivity contribution in [3.63, 3.8) is 0 Å². The summed E-state index contributed by atoms with van der Waals surface area (Å²) < 4.78 is 0.969. The fourth-order valence-corrected chi connectivity index (χ4v) is 2.25. The second-order valence-electron chi connectivity index (χ2n) is 3.79. The smallest absolute Gasteiger partial charge is 0.220 e. The highest BCUT2D eigenvalue weighted by atomic mass is 79.9. The van der Waals surface area contributed by atoms with E-state index in [1.807, 2.05) is 12.1 Å². The summed E-state index contributed by atoms with van der Waals surface area (Å²) in [5.41, 5.74) is 1.00. The van der Waals surface area contributed by atoms with Gasteiger partial charge >= 0.3 is 0 Å². The Kier molecular flexibility index (Phi) is 3.05. The molecule has 2 unspecified atom stereocenters. The van der Waals surface area contributed by atoms with Crippen molar-refractivity contribution in [3.8, 4) is 0 Å². The molecule has 0 saturated carbocycles. The van der Waals surface area contributed by atoms with E-state index in [-0.39, 0.29) is 17.9 Å². The molecule has 2 rings (SSSR count). The maximum atomic E-state index is 11.3. The van der Waals surface area contributed by atoms with Gasteiger partial charge in [0.25, 0.3) is 0 Å². The minimum atomic E-state index is 0.136. The van der Waals surface area contributed by atoms with Crippen LogP contribution in [0.5, 0.6) is 0 Å². The van der Waals surface area contributed by atoms with E-state index < -0.39 is 0 Å². The second-order valence-corrected chi connectivity index (χ2v) is 4.71. The molecular weight excluding hydrogens is 256 g/mol. The zero-order valence-corrected chi connectivity index (χ0v) is 10.1. The summed E-state index contributed by atoms with van der Waals surface area (Å²) in [7, 11) is 0. The lowest BCUT2D eigenvalue weighted by Crippen LogP contribution is -2.27. The predicted octanol–water partition coefficient (Wildman–Crippen LogP) is 2.23. The molecule has 0 bridgehead atoms. The Labute approximate surface area is 97.4 Å². The highest BCUT2D eigenvalue weighted by Crippen LogP contribution is 2.29. The van der Waals surface area contributed by atoms with Gasteiger partial charge in [0.1, 0.15) is 0 Å². The number of carbonyl (C=O) groups is 1. The minimum absolute atomic E-state index is 0.136. The first-order valence-corrected chi connectivity index (χ1v) is 5.91. The van der Waals surface area contributed by atoms with Gasteiger partial charge in [0.15, 0.2) is 0 Å². The average Bonchev–Trinajstić information content (AvgIpc) is 2.61. The molecule has 3 nitrogen and oxygen atoms in total. The second kappa shape index (κ2) is 4.31. The Morgan fingerprint density at radius 1 is 1.60 bits per heavy atom. The number of rotatable bonds is 2. The van der Waals surface area contributed by atoms with E-state index in [0.717, 1.165) is 16.6 Å². The Bertz CT molecular complexity index is 363. The van der Waals surface area contributed by atoms with Gasteiger partial charge in [-0.05, 0) is 34.5 Å². The number of halogens is 1. The first kappa shape index (κ1) is 10.6. The standard InChI is InChI=1S/C11H13BrN2O/c1-2-9-8(5-11(15)14-9)10-4-3-7(12)6-13-10/h3-4,6,8-9H,2,5H2,1H3,(H,14,15). The highest BCUT2D eigenvalue weighted by molar-refractivity contribution is 9.10. The Hall–Kier alpha value is -0.900. The van der Waals surface area contributed by atoms with Crippen LogP contribution in [0.1, 0.15) is 31.4 Å². The third kappa shape index (κ3) is 2.20. The fraction of sp³-hybridized carbons (Fsp3) is 0.455. The predicted molar refractivity (Wildman–Crippen MR) is 61.5 cm³/mol. The highest BCUT2D eigenvalue weighted by Gasteiger charge is 2.32. The van der Waals surface area contributed by atoms with Crippen molar-refractivity contribution in [3.05, 3.63) is 28.5 Å². The van der Waals surface area contributed by atoms with Crippen LogP contribution in [0.2, 0.25) is 0 Å². The largest absolute Gasteiger partial charge is 0.353 e. The van der Waals surface area contributed by atoms with Crippen molar-refractivity contribution in [2.24, 2.45) is 0 Å². The van der Waals surface area contributed by atoms with Crippen molar-refractivity contribution in [1.29, 1.82) is 0 Å². The van der Waals surface area contributed by atoms with Gasteiger partial charge in [-0.1, -0.05) is 6.92 Å². The summed E-state index contributed by atoms with van der Waals surface area (Å²) >= 11 is 3.35. The number of aromatic nitrogens is 1. The lowest BCUT2D eigenvalue weighted by atomic mass is 9.94. The molecule has 1 aromatic rings. The molecule has 1 saturated heterocycles. The van der Waals surface area contributed by atoms with Crippen molar-refractivity contribution in [2.75, 3.05) is 0 Å². The fourth-order valence-electron chi connectivity index (χ4n) is 2.01. The summed E-state index contributed by atoms with van der Waals surface area (Å²) in [4.78, 5) is 15.7. The summed E-state index contributed by atoms with van der Waals surface area (Å²) in [5.74, 6) is 0.368. The van der Waals surface area contributed by atoms with Crippen LogP contribution in [0, 0.1) is 0 Å². The van der Waals surface area contributed by atoms with Gasteiger partial charge in [-0.2, -0.15) is 0 Å². The first-order valence-electron chi connectivity index (χ1n) is 5.11. The number of nitrogens with zero attached hydrogens (tertiary/aromatic N) is 1. The van der Waals surface area contributed by atoms with Crippen molar-refractivity contribution in [1.82, 2.24) is 10.3 Å². The van der Waals surface area contributed by atoms with Crippen molar-refractivity contribution >= 4 is 21.8 Å². The zero-order chi connectivity index (χ0) is 10.8. The van der Waals surface area contributed by atoms with Crippen LogP contribution < -0.4 is 5.32 Å². The Morgan fingerprint density at radius 2 is 2.40 bits per heavy atom. The molecule has 1 fully saturated rings. The molecule has 4 heteroatoms. The van der Waals surface area contributed by atoms with Crippen LogP contribution in [0.3, 0.4) is 0 Å². The van der Waals surface area contributed by atoms with E-state index in [0.29, 0.717) is 6.42 Å². The maximum absolute atomic E-state index is 11.3. The molecule has 1 aliphatic heterocycles. The molecule has 0 aliphatic carbocycles. The summed E-state index contributed by atoms with van der Waals surface area (Å²) in [6.45, 7) is 2.09. The quantitative estimate of drug-likeness (QED) is 0.894. The number of hydrogen-bond donors (Lipinski definition) is 1. The van der Waals surface area contributed by atoms with Crippen molar-refractivity contribution in [2.45, 2.75) is 31.7 Å². The van der Waals surface area contributed by atoms with Crippen LogP contribution in [0.4, 0.5) is 0 Å². The molecule has 0 spiro atoms. The van der Waals surface area contributed by atoms with Crippen molar-refractivity contribution < 1.29 is 4.79 Å². The minimum Gasteiger partial charge on any atom is -0.353 e. The molecule has 1 amide bonds. The van der Waals surface area contributed by atoms with E-state index in [4.69, 9.17) is 0 Å². The summed E-state index contributed by atoms with van der Waals surface area (Å²) in [6, 6.07) is 4.20. The van der Waals surface area contributed by atoms with Crippen LogP contribution in [0.25, 0.3) is 0 Å². The van der Waals surface area contributed by atoms with Gasteiger partial charge in [-0.15, -0.1) is 0 Å². The molecular formula is C11H13BrN2O. The molecule has 1 N–H and O–H groups in total. The number of nitrogens with one attached hydrogen (secondary N) is 1. The van der Waals surface area contributed by atoms with E-state index >= 15 is 0 Å². The molecule has 1 aromatic heterocycles. The van der Waals surface area contributed by atoms with Gasteiger partial charge in [-0.25, -0.2) is 0 Å². The third-order valence-corrected chi connectivity index (χ3v) is 3.28. The van der Waals surface area contributed by atoms with E-state index in [1.165, 1.54) is 0 Å². The molecule has 0 radical (unpaired) electrons. The molecule has 2 heterocycles. The molecule has 15 heavy (non-hydrogen) atoms. The van der Waals surface area contributed by atoms with E-state index in [2.05, 4.69) is 33.2 Å². The van der Waals surface area contributed by atoms with E-state index in [9.17, 15) is 4.79 Å². The lowest BCUT2D eigenvalue weighted by Gasteiger charge is -2.16. The zero-order valence-electron chi connectivity index (χ0n) is 8.53. The van der Waals surface area contributed by atoms with Gasteiger partial charge in [0, 0.05) is 34.7 Å². The van der Waals surface area contributed by atoms with Gasteiger partial charge < -0.3 is 5.32 Å². The third-order valence-electron chi connectivity index (χ3n) is 2.81. The molecule has 80 valence electrons. The summed E-state index contributed by atoms with van der Waals surface area (Å²) in [5, 5.41) is 2.98. The van der Waals surface area contributed by atoms with Gasteiger partial charge in [0.05, 0.1) is 0 Å². The topological polar surface area (TPSA) is 42.0 Å². The van der Waals surface area contributed by atoms with Gasteiger partial charge in [0.2, 0.25) is 5.91 Å². The lowest BCUT2D eigenvalue weighted by molar-refractivity contribution is -0.119. The summed E-state index contributed by atoms with van der Waals surface area (Å²) in [6.07, 6.45) is 3.30. The monoisotopic (exact) mass is 268 g/mol. The first-order chi connectivity index (χ1) is 7.20. The van der Waals surface area contributed by atoms with Gasteiger partial charge in [-0.3, -0.25) is 9.78 Å². The van der Waals surface area contributed by atoms with Crippen LogP contribution >= 0.6 is 15.9 Å². The number of carbonyl (C=O) groups excluding carboxylic acids is 1. The van der Waals surface area contributed by atoms with Crippen LogP contribution in [-0.4, -0.2) is 16.9 Å². The Morgan fingerprint density at radius 3 is 3.00 bits per heavy atom. The molecule has 1 aliphatic rings.